The highest BCUT2D eigenvalue weighted by atomic mass is 16.4. The number of hydrogen-bond donors (Lipinski definition) is 2. The van der Waals surface area contributed by atoms with Crippen LogP contribution in [0.1, 0.15) is 10.4 Å². The molecule has 0 aliphatic rings. The molecular formula is C10H8N4O2. The Morgan fingerprint density at radius 3 is 3.06 bits per heavy atom. The molecule has 0 bridgehead atoms. The minimum atomic E-state index is -0.971. The van der Waals surface area contributed by atoms with Crippen LogP contribution in [0.4, 0.5) is 0 Å². The highest BCUT2D eigenvalue weighted by Crippen LogP contribution is 2.25. The summed E-state index contributed by atoms with van der Waals surface area (Å²) in [6.07, 6.45) is 4.72. The van der Waals surface area contributed by atoms with Gasteiger partial charge in [-0.25, -0.2) is 14.8 Å². The van der Waals surface area contributed by atoms with Crippen LogP contribution in [0, 0.1) is 0 Å². The van der Waals surface area contributed by atoms with E-state index in [2.05, 4.69) is 15.0 Å². The summed E-state index contributed by atoms with van der Waals surface area (Å²) in [4.78, 5) is 22.2. The number of imidazole rings is 1. The normalized spacial score (nSPS) is 11.3. The van der Waals surface area contributed by atoms with Crippen molar-refractivity contribution in [2.45, 2.75) is 0 Å². The molecule has 0 unspecified atom stereocenters. The fourth-order valence-corrected chi connectivity index (χ4v) is 1.90. The third-order valence-corrected chi connectivity index (χ3v) is 2.61. The summed E-state index contributed by atoms with van der Waals surface area (Å²) in [6, 6.07) is 0. The summed E-state index contributed by atoms with van der Waals surface area (Å²) in [6.45, 7) is 0. The zero-order valence-electron chi connectivity index (χ0n) is 8.43. The van der Waals surface area contributed by atoms with Gasteiger partial charge in [0.25, 0.3) is 0 Å². The number of carboxylic acid groups (broad SMARTS) is 1. The first-order valence-electron chi connectivity index (χ1n) is 4.69. The lowest BCUT2D eigenvalue weighted by Crippen LogP contribution is -1.96. The summed E-state index contributed by atoms with van der Waals surface area (Å²) in [5.41, 5.74) is 2.26. The van der Waals surface area contributed by atoms with Crippen LogP contribution in [0.25, 0.3) is 22.1 Å². The van der Waals surface area contributed by atoms with Crippen LogP contribution in [-0.2, 0) is 7.05 Å². The predicted molar refractivity (Wildman–Crippen MR) is 57.3 cm³/mol. The van der Waals surface area contributed by atoms with Crippen molar-refractivity contribution in [2.24, 2.45) is 7.05 Å². The molecule has 0 fully saturated rings. The second-order valence-corrected chi connectivity index (χ2v) is 3.58. The number of carbonyl (C=O) groups is 1. The summed E-state index contributed by atoms with van der Waals surface area (Å²) < 4.78 is 1.79. The van der Waals surface area contributed by atoms with E-state index in [4.69, 9.17) is 5.11 Å². The van der Waals surface area contributed by atoms with E-state index in [9.17, 15) is 4.79 Å². The van der Waals surface area contributed by atoms with Crippen LogP contribution in [0.3, 0.4) is 0 Å². The molecule has 0 aliphatic carbocycles. The SMILES string of the molecule is Cn1cnc2cnc3[nH]cc(C(=O)O)c3c21. The standard InChI is InChI=1S/C10H8N4O2/c1-14-4-13-6-3-12-9-7(8(6)14)5(2-11-9)10(15)16/h2-4H,1H3,(H,11,12)(H,15,16). The maximum absolute atomic E-state index is 11.1. The van der Waals surface area contributed by atoms with E-state index in [1.54, 1.807) is 17.1 Å². The Labute approximate surface area is 89.5 Å². The van der Waals surface area contributed by atoms with Gasteiger partial charge in [-0.3, -0.25) is 0 Å². The number of carboxylic acids is 1. The van der Waals surface area contributed by atoms with Gasteiger partial charge in [0, 0.05) is 13.2 Å². The molecular weight excluding hydrogens is 208 g/mol. The minimum Gasteiger partial charge on any atom is -0.478 e. The lowest BCUT2D eigenvalue weighted by molar-refractivity contribution is 0.0699. The van der Waals surface area contributed by atoms with Crippen molar-refractivity contribution >= 4 is 28.0 Å². The maximum atomic E-state index is 11.1. The van der Waals surface area contributed by atoms with Gasteiger partial charge in [-0.2, -0.15) is 0 Å². The van der Waals surface area contributed by atoms with E-state index in [0.717, 1.165) is 5.52 Å². The number of fused-ring (bicyclic) bond motifs is 3. The maximum Gasteiger partial charge on any atom is 0.338 e. The van der Waals surface area contributed by atoms with E-state index in [1.165, 1.54) is 6.20 Å². The fourth-order valence-electron chi connectivity index (χ4n) is 1.90. The first-order valence-corrected chi connectivity index (χ1v) is 4.69. The van der Waals surface area contributed by atoms with Gasteiger partial charge >= 0.3 is 5.97 Å². The van der Waals surface area contributed by atoms with Gasteiger partial charge in [-0.05, 0) is 0 Å². The molecule has 16 heavy (non-hydrogen) atoms. The van der Waals surface area contributed by atoms with Crippen molar-refractivity contribution < 1.29 is 9.90 Å². The van der Waals surface area contributed by atoms with Gasteiger partial charge in [0.15, 0.2) is 0 Å². The molecule has 80 valence electrons. The molecule has 0 aromatic carbocycles. The number of aromatic amines is 1. The van der Waals surface area contributed by atoms with Crippen LogP contribution in [0.2, 0.25) is 0 Å². The molecule has 3 aromatic rings. The van der Waals surface area contributed by atoms with E-state index in [0.29, 0.717) is 16.6 Å². The lowest BCUT2D eigenvalue weighted by Gasteiger charge is -1.97. The Hall–Kier alpha value is -2.37. The molecule has 0 saturated heterocycles. The van der Waals surface area contributed by atoms with E-state index in [-0.39, 0.29) is 5.56 Å². The molecule has 0 radical (unpaired) electrons. The van der Waals surface area contributed by atoms with E-state index in [1.807, 2.05) is 7.05 Å². The van der Waals surface area contributed by atoms with Crippen molar-refractivity contribution in [1.82, 2.24) is 19.5 Å². The molecule has 0 amide bonds. The monoisotopic (exact) mass is 216 g/mol. The van der Waals surface area contributed by atoms with Crippen LogP contribution in [0.15, 0.2) is 18.7 Å². The molecule has 0 saturated carbocycles. The van der Waals surface area contributed by atoms with Crippen LogP contribution in [-0.4, -0.2) is 30.6 Å². The quantitative estimate of drug-likeness (QED) is 0.639. The zero-order valence-corrected chi connectivity index (χ0v) is 8.43. The molecule has 2 N–H and O–H groups in total. The second kappa shape index (κ2) is 2.82. The van der Waals surface area contributed by atoms with Crippen molar-refractivity contribution in [3.05, 3.63) is 24.3 Å². The Morgan fingerprint density at radius 1 is 1.50 bits per heavy atom. The molecule has 3 heterocycles. The van der Waals surface area contributed by atoms with Crippen LogP contribution < -0.4 is 0 Å². The molecule has 6 heteroatoms. The van der Waals surface area contributed by atoms with Gasteiger partial charge in [0.05, 0.1) is 29.0 Å². The Balaban J connectivity index is 2.60. The smallest absolute Gasteiger partial charge is 0.338 e. The number of pyridine rings is 1. The Kier molecular flexibility index (Phi) is 1.57. The van der Waals surface area contributed by atoms with Crippen molar-refractivity contribution in [1.29, 1.82) is 0 Å². The second-order valence-electron chi connectivity index (χ2n) is 3.58. The number of aromatic nitrogens is 4. The number of aromatic carboxylic acids is 1. The van der Waals surface area contributed by atoms with Gasteiger partial charge in [0.2, 0.25) is 0 Å². The molecule has 0 aliphatic heterocycles. The van der Waals surface area contributed by atoms with E-state index >= 15 is 0 Å². The molecule has 6 nitrogen and oxygen atoms in total. The largest absolute Gasteiger partial charge is 0.478 e. The van der Waals surface area contributed by atoms with Gasteiger partial charge < -0.3 is 14.7 Å². The average Bonchev–Trinajstić information content (AvgIpc) is 2.81. The Bertz CT molecular complexity index is 710. The zero-order chi connectivity index (χ0) is 11.3. The summed E-state index contributed by atoms with van der Waals surface area (Å²) in [5.74, 6) is -0.971. The molecule has 3 aromatic heterocycles. The number of rotatable bonds is 1. The highest BCUT2D eigenvalue weighted by molar-refractivity contribution is 6.12. The first kappa shape index (κ1) is 8.90. The molecule has 0 spiro atoms. The lowest BCUT2D eigenvalue weighted by atomic mass is 10.2. The van der Waals surface area contributed by atoms with E-state index < -0.39 is 5.97 Å². The number of nitrogens with zero attached hydrogens (tertiary/aromatic N) is 3. The summed E-state index contributed by atoms with van der Waals surface area (Å²) in [5, 5.41) is 9.68. The molecule has 3 rings (SSSR count). The number of hydrogen-bond acceptors (Lipinski definition) is 3. The van der Waals surface area contributed by atoms with Crippen LogP contribution in [0.5, 0.6) is 0 Å². The topological polar surface area (TPSA) is 83.8 Å². The third kappa shape index (κ3) is 0.979. The van der Waals surface area contributed by atoms with Crippen LogP contribution >= 0.6 is 0 Å². The highest BCUT2D eigenvalue weighted by Gasteiger charge is 2.16. The minimum absolute atomic E-state index is 0.219. The fraction of sp³-hybridized carbons (Fsp3) is 0.100. The van der Waals surface area contributed by atoms with Gasteiger partial charge in [0.1, 0.15) is 11.2 Å². The van der Waals surface area contributed by atoms with Crippen molar-refractivity contribution in [3.63, 3.8) is 0 Å². The molecule has 0 atom stereocenters. The summed E-state index contributed by atoms with van der Waals surface area (Å²) in [7, 11) is 1.83. The third-order valence-electron chi connectivity index (χ3n) is 2.61. The summed E-state index contributed by atoms with van der Waals surface area (Å²) >= 11 is 0. The average molecular weight is 216 g/mol. The van der Waals surface area contributed by atoms with Crippen molar-refractivity contribution in [3.8, 4) is 0 Å². The number of H-pyrrole nitrogens is 1. The first-order chi connectivity index (χ1) is 7.68. The van der Waals surface area contributed by atoms with Gasteiger partial charge in [-0.15, -0.1) is 0 Å². The number of nitrogens with one attached hydrogen (secondary N) is 1. The van der Waals surface area contributed by atoms with Crippen molar-refractivity contribution in [2.75, 3.05) is 0 Å². The predicted octanol–water partition coefficient (Wildman–Crippen LogP) is 1.15. The Morgan fingerprint density at radius 2 is 2.31 bits per heavy atom. The van der Waals surface area contributed by atoms with Gasteiger partial charge in [-0.1, -0.05) is 0 Å². The number of aryl methyl sites for hydroxylation is 1.